The van der Waals surface area contributed by atoms with Crippen molar-refractivity contribution in [3.05, 3.63) is 28.2 Å². The van der Waals surface area contributed by atoms with Gasteiger partial charge in [0.1, 0.15) is 12.4 Å². The zero-order valence-electron chi connectivity index (χ0n) is 14.5. The van der Waals surface area contributed by atoms with Gasteiger partial charge >= 0.3 is 0 Å². The van der Waals surface area contributed by atoms with Crippen molar-refractivity contribution in [1.82, 2.24) is 15.1 Å². The fourth-order valence-electron chi connectivity index (χ4n) is 2.97. The number of piperazine rings is 1. The number of hydrogen-bond acceptors (Lipinski definition) is 4. The summed E-state index contributed by atoms with van der Waals surface area (Å²) in [6.45, 7) is 7.12. The molecule has 7 heteroatoms. The Morgan fingerprint density at radius 3 is 2.64 bits per heavy atom. The van der Waals surface area contributed by atoms with Crippen LogP contribution < -0.4 is 10.1 Å². The molecule has 1 aliphatic carbocycles. The molecule has 25 heavy (non-hydrogen) atoms. The summed E-state index contributed by atoms with van der Waals surface area (Å²) < 4.78 is 5.75. The zero-order valence-corrected chi connectivity index (χ0v) is 16.0. The highest BCUT2D eigenvalue weighted by molar-refractivity contribution is 6.35. The van der Waals surface area contributed by atoms with Crippen molar-refractivity contribution in [3.63, 3.8) is 0 Å². The summed E-state index contributed by atoms with van der Waals surface area (Å²) in [5, 5.41) is 4.23. The standard InChI is InChI=1S/C18H25Cl2N3O2/c1-13(18(24)21-15-3-4-15)23-8-6-22(7-9-23)10-11-25-17-5-2-14(19)12-16(17)20/h2,5,12-13,15H,3-4,6-11H2,1H3,(H,21,24). The lowest BCUT2D eigenvalue weighted by Gasteiger charge is -2.37. The van der Waals surface area contributed by atoms with Gasteiger partial charge in [0.2, 0.25) is 5.91 Å². The van der Waals surface area contributed by atoms with Crippen LogP contribution in [-0.2, 0) is 4.79 Å². The Kier molecular flexibility index (Phi) is 6.44. The second kappa shape index (κ2) is 8.58. The molecular formula is C18H25Cl2N3O2. The minimum atomic E-state index is -0.0492. The van der Waals surface area contributed by atoms with Gasteiger partial charge in [-0.1, -0.05) is 23.2 Å². The third kappa shape index (κ3) is 5.48. The number of amides is 1. The molecule has 1 aromatic carbocycles. The highest BCUT2D eigenvalue weighted by Crippen LogP contribution is 2.27. The third-order valence-corrected chi connectivity index (χ3v) is 5.35. The van der Waals surface area contributed by atoms with Crippen molar-refractivity contribution >= 4 is 29.1 Å². The summed E-state index contributed by atoms with van der Waals surface area (Å²) in [5.41, 5.74) is 0. The van der Waals surface area contributed by atoms with Crippen LogP contribution in [0.2, 0.25) is 10.0 Å². The van der Waals surface area contributed by atoms with Gasteiger partial charge in [-0.15, -0.1) is 0 Å². The molecule has 0 spiro atoms. The Bertz CT molecular complexity index is 602. The van der Waals surface area contributed by atoms with Crippen molar-refractivity contribution in [2.24, 2.45) is 0 Å². The van der Waals surface area contributed by atoms with Crippen LogP contribution in [0.1, 0.15) is 19.8 Å². The molecule has 1 amide bonds. The number of benzene rings is 1. The molecule has 0 bridgehead atoms. The summed E-state index contributed by atoms with van der Waals surface area (Å²) in [5.74, 6) is 0.826. The maximum Gasteiger partial charge on any atom is 0.237 e. The minimum absolute atomic E-state index is 0.0492. The lowest BCUT2D eigenvalue weighted by atomic mass is 10.2. The minimum Gasteiger partial charge on any atom is -0.491 e. The fraction of sp³-hybridized carbons (Fsp3) is 0.611. The number of carbonyl (C=O) groups is 1. The van der Waals surface area contributed by atoms with Crippen molar-refractivity contribution in [1.29, 1.82) is 0 Å². The van der Waals surface area contributed by atoms with Gasteiger partial charge in [0.05, 0.1) is 11.1 Å². The molecule has 0 radical (unpaired) electrons. The number of ether oxygens (including phenoxy) is 1. The second-order valence-electron chi connectivity index (χ2n) is 6.76. The van der Waals surface area contributed by atoms with Crippen molar-refractivity contribution < 1.29 is 9.53 Å². The Labute approximate surface area is 159 Å². The zero-order chi connectivity index (χ0) is 17.8. The van der Waals surface area contributed by atoms with Gasteiger partial charge in [-0.05, 0) is 38.0 Å². The summed E-state index contributed by atoms with van der Waals surface area (Å²) in [6, 6.07) is 5.63. The number of rotatable bonds is 7. The first-order valence-electron chi connectivity index (χ1n) is 8.87. The molecule has 0 aromatic heterocycles. The first-order chi connectivity index (χ1) is 12.0. The fourth-order valence-corrected chi connectivity index (χ4v) is 3.43. The molecular weight excluding hydrogens is 361 g/mol. The quantitative estimate of drug-likeness (QED) is 0.783. The molecule has 138 valence electrons. The normalized spacial score (nSPS) is 20.3. The Morgan fingerprint density at radius 2 is 2.00 bits per heavy atom. The average Bonchev–Trinajstić information content (AvgIpc) is 3.41. The highest BCUT2D eigenvalue weighted by atomic mass is 35.5. The molecule has 1 atom stereocenters. The summed E-state index contributed by atoms with van der Waals surface area (Å²) in [6.07, 6.45) is 2.26. The van der Waals surface area contributed by atoms with E-state index in [1.807, 2.05) is 6.92 Å². The number of nitrogens with one attached hydrogen (secondary N) is 1. The molecule has 1 aromatic rings. The number of carbonyl (C=O) groups excluding carboxylic acids is 1. The Balaban J connectivity index is 1.36. The van der Waals surface area contributed by atoms with Crippen LogP contribution in [0, 0.1) is 0 Å². The van der Waals surface area contributed by atoms with Gasteiger partial charge in [-0.25, -0.2) is 0 Å². The van der Waals surface area contributed by atoms with Crippen LogP contribution in [0.4, 0.5) is 0 Å². The summed E-state index contributed by atoms with van der Waals surface area (Å²) in [7, 11) is 0. The highest BCUT2D eigenvalue weighted by Gasteiger charge is 2.29. The van der Waals surface area contributed by atoms with E-state index in [9.17, 15) is 4.79 Å². The van der Waals surface area contributed by atoms with Gasteiger partial charge in [0.15, 0.2) is 0 Å². The summed E-state index contributed by atoms with van der Waals surface area (Å²) >= 11 is 12.0. The van der Waals surface area contributed by atoms with Crippen molar-refractivity contribution in [2.45, 2.75) is 31.8 Å². The Hall–Kier alpha value is -1.01. The lowest BCUT2D eigenvalue weighted by Crippen LogP contribution is -2.54. The van der Waals surface area contributed by atoms with Gasteiger partial charge in [0, 0.05) is 43.8 Å². The van der Waals surface area contributed by atoms with Crippen LogP contribution in [0.15, 0.2) is 18.2 Å². The maximum absolute atomic E-state index is 12.2. The van der Waals surface area contributed by atoms with Crippen LogP contribution in [0.5, 0.6) is 5.75 Å². The van der Waals surface area contributed by atoms with Gasteiger partial charge in [0.25, 0.3) is 0 Å². The van der Waals surface area contributed by atoms with Gasteiger partial charge < -0.3 is 10.1 Å². The van der Waals surface area contributed by atoms with E-state index in [-0.39, 0.29) is 11.9 Å². The molecule has 1 unspecified atom stereocenters. The second-order valence-corrected chi connectivity index (χ2v) is 7.60. The molecule has 1 N–H and O–H groups in total. The lowest BCUT2D eigenvalue weighted by molar-refractivity contribution is -0.126. The van der Waals surface area contributed by atoms with E-state index >= 15 is 0 Å². The van der Waals surface area contributed by atoms with Crippen molar-refractivity contribution in [3.8, 4) is 5.75 Å². The molecule has 2 aliphatic rings. The topological polar surface area (TPSA) is 44.8 Å². The van der Waals surface area contributed by atoms with E-state index < -0.39 is 0 Å². The van der Waals surface area contributed by atoms with E-state index in [0.717, 1.165) is 45.6 Å². The van der Waals surface area contributed by atoms with E-state index in [4.69, 9.17) is 27.9 Å². The van der Waals surface area contributed by atoms with E-state index in [1.54, 1.807) is 18.2 Å². The van der Waals surface area contributed by atoms with Crippen LogP contribution in [0.3, 0.4) is 0 Å². The van der Waals surface area contributed by atoms with E-state index in [0.29, 0.717) is 28.4 Å². The largest absolute Gasteiger partial charge is 0.491 e. The molecule has 5 nitrogen and oxygen atoms in total. The maximum atomic E-state index is 12.2. The molecule has 1 heterocycles. The molecule has 1 aliphatic heterocycles. The van der Waals surface area contributed by atoms with Crippen LogP contribution in [-0.4, -0.2) is 67.1 Å². The smallest absolute Gasteiger partial charge is 0.237 e. The first-order valence-corrected chi connectivity index (χ1v) is 9.63. The predicted octanol–water partition coefficient (Wildman–Crippen LogP) is 2.66. The SMILES string of the molecule is CC(C(=O)NC1CC1)N1CCN(CCOc2ccc(Cl)cc2Cl)CC1. The number of hydrogen-bond donors (Lipinski definition) is 1. The first kappa shape index (κ1) is 18.8. The molecule has 1 saturated heterocycles. The van der Waals surface area contributed by atoms with Crippen LogP contribution >= 0.6 is 23.2 Å². The van der Waals surface area contributed by atoms with E-state index in [1.165, 1.54) is 0 Å². The molecule has 3 rings (SSSR count). The average molecular weight is 386 g/mol. The number of nitrogens with zero attached hydrogens (tertiary/aromatic N) is 2. The Morgan fingerprint density at radius 1 is 1.28 bits per heavy atom. The van der Waals surface area contributed by atoms with Crippen molar-refractivity contribution in [2.75, 3.05) is 39.3 Å². The summed E-state index contributed by atoms with van der Waals surface area (Å²) in [4.78, 5) is 16.8. The molecule has 2 fully saturated rings. The van der Waals surface area contributed by atoms with E-state index in [2.05, 4.69) is 15.1 Å². The predicted molar refractivity (Wildman–Crippen MR) is 101 cm³/mol. The van der Waals surface area contributed by atoms with Gasteiger partial charge in [-0.2, -0.15) is 0 Å². The van der Waals surface area contributed by atoms with Gasteiger partial charge in [-0.3, -0.25) is 14.6 Å². The third-order valence-electron chi connectivity index (χ3n) is 4.82. The molecule has 1 saturated carbocycles. The van der Waals surface area contributed by atoms with Crippen LogP contribution in [0.25, 0.3) is 0 Å². The monoisotopic (exact) mass is 385 g/mol. The number of halogens is 2.